The van der Waals surface area contributed by atoms with Crippen LogP contribution in [0.4, 0.5) is 0 Å². The SMILES string of the molecule is COc1ccc(Cc2nc(C)cc(Cl)n2)cc1Cl. The molecule has 5 heteroatoms. The number of aromatic nitrogens is 2. The van der Waals surface area contributed by atoms with Gasteiger partial charge in [0.2, 0.25) is 0 Å². The quantitative estimate of drug-likeness (QED) is 0.806. The molecule has 0 aliphatic heterocycles. The molecule has 0 amide bonds. The molecule has 0 fully saturated rings. The normalized spacial score (nSPS) is 10.4. The van der Waals surface area contributed by atoms with Gasteiger partial charge in [0.25, 0.3) is 0 Å². The van der Waals surface area contributed by atoms with E-state index in [0.29, 0.717) is 28.2 Å². The molecule has 0 saturated heterocycles. The van der Waals surface area contributed by atoms with Crippen LogP contribution in [0.1, 0.15) is 17.1 Å². The van der Waals surface area contributed by atoms with Crippen LogP contribution in [0, 0.1) is 6.92 Å². The number of rotatable bonds is 3. The van der Waals surface area contributed by atoms with Crippen LogP contribution in [0.3, 0.4) is 0 Å². The van der Waals surface area contributed by atoms with Gasteiger partial charge in [0.1, 0.15) is 16.7 Å². The van der Waals surface area contributed by atoms with E-state index in [-0.39, 0.29) is 0 Å². The molecule has 3 nitrogen and oxygen atoms in total. The molecule has 1 heterocycles. The van der Waals surface area contributed by atoms with Crippen molar-refractivity contribution in [1.82, 2.24) is 9.97 Å². The first kappa shape index (κ1) is 13.1. The molecule has 1 aromatic carbocycles. The number of ether oxygens (including phenoxy) is 1. The zero-order valence-electron chi connectivity index (χ0n) is 10.1. The molecule has 0 unspecified atom stereocenters. The molecule has 0 atom stereocenters. The van der Waals surface area contributed by atoms with E-state index in [2.05, 4.69) is 9.97 Å². The summed E-state index contributed by atoms with van der Waals surface area (Å²) in [5.41, 5.74) is 1.87. The van der Waals surface area contributed by atoms with E-state index in [1.54, 1.807) is 13.2 Å². The first-order valence-corrected chi connectivity index (χ1v) is 6.16. The van der Waals surface area contributed by atoms with Crippen LogP contribution in [0.15, 0.2) is 24.3 Å². The van der Waals surface area contributed by atoms with E-state index in [1.807, 2.05) is 25.1 Å². The number of benzene rings is 1. The van der Waals surface area contributed by atoms with Crippen LogP contribution < -0.4 is 4.74 Å². The fourth-order valence-corrected chi connectivity index (χ4v) is 2.21. The fourth-order valence-electron chi connectivity index (χ4n) is 1.67. The van der Waals surface area contributed by atoms with Crippen molar-refractivity contribution in [3.63, 3.8) is 0 Å². The monoisotopic (exact) mass is 282 g/mol. The van der Waals surface area contributed by atoms with Gasteiger partial charge in [-0.3, -0.25) is 0 Å². The highest BCUT2D eigenvalue weighted by Gasteiger charge is 2.05. The minimum atomic E-state index is 0.456. The van der Waals surface area contributed by atoms with Crippen molar-refractivity contribution in [3.05, 3.63) is 51.5 Å². The van der Waals surface area contributed by atoms with Crippen LogP contribution >= 0.6 is 23.2 Å². The largest absolute Gasteiger partial charge is 0.495 e. The summed E-state index contributed by atoms with van der Waals surface area (Å²) >= 11 is 12.0. The van der Waals surface area contributed by atoms with Crippen molar-refractivity contribution >= 4 is 23.2 Å². The van der Waals surface area contributed by atoms with Crippen LogP contribution in [0.25, 0.3) is 0 Å². The van der Waals surface area contributed by atoms with E-state index >= 15 is 0 Å². The van der Waals surface area contributed by atoms with Gasteiger partial charge in [0.05, 0.1) is 12.1 Å². The van der Waals surface area contributed by atoms with Crippen LogP contribution in [0.2, 0.25) is 10.2 Å². The summed E-state index contributed by atoms with van der Waals surface area (Å²) in [6.07, 6.45) is 0.588. The van der Waals surface area contributed by atoms with Crippen molar-refractivity contribution in [3.8, 4) is 5.75 Å². The molecule has 0 bridgehead atoms. The van der Waals surface area contributed by atoms with Crippen LogP contribution in [-0.2, 0) is 6.42 Å². The Hall–Kier alpha value is -1.32. The first-order chi connectivity index (χ1) is 8.58. The van der Waals surface area contributed by atoms with Gasteiger partial charge in [-0.15, -0.1) is 0 Å². The van der Waals surface area contributed by atoms with Gasteiger partial charge < -0.3 is 4.74 Å². The molecule has 0 aliphatic rings. The summed E-state index contributed by atoms with van der Waals surface area (Å²) in [5, 5.41) is 1.03. The van der Waals surface area contributed by atoms with E-state index < -0.39 is 0 Å². The molecule has 94 valence electrons. The number of hydrogen-bond donors (Lipinski definition) is 0. The van der Waals surface area contributed by atoms with Gasteiger partial charge in [-0.1, -0.05) is 29.3 Å². The Kier molecular flexibility index (Phi) is 4.04. The third-order valence-electron chi connectivity index (χ3n) is 2.45. The second-order valence-electron chi connectivity index (χ2n) is 3.89. The molecule has 0 saturated carbocycles. The zero-order valence-corrected chi connectivity index (χ0v) is 11.6. The molecule has 0 aliphatic carbocycles. The minimum absolute atomic E-state index is 0.456. The van der Waals surface area contributed by atoms with Crippen molar-refractivity contribution in [2.75, 3.05) is 7.11 Å². The highest BCUT2D eigenvalue weighted by Crippen LogP contribution is 2.25. The summed E-state index contributed by atoms with van der Waals surface area (Å²) in [4.78, 5) is 8.51. The van der Waals surface area contributed by atoms with Gasteiger partial charge in [0, 0.05) is 12.1 Å². The molecule has 0 radical (unpaired) electrons. The Balaban J connectivity index is 2.25. The highest BCUT2D eigenvalue weighted by atomic mass is 35.5. The summed E-state index contributed by atoms with van der Waals surface area (Å²) in [6, 6.07) is 7.34. The van der Waals surface area contributed by atoms with Gasteiger partial charge in [0.15, 0.2) is 0 Å². The average molecular weight is 283 g/mol. The number of methoxy groups -OCH3 is 1. The number of hydrogen-bond acceptors (Lipinski definition) is 3. The zero-order chi connectivity index (χ0) is 13.1. The molecule has 18 heavy (non-hydrogen) atoms. The lowest BCUT2D eigenvalue weighted by Crippen LogP contribution is -1.99. The van der Waals surface area contributed by atoms with Crippen LogP contribution in [0.5, 0.6) is 5.75 Å². The maximum Gasteiger partial charge on any atom is 0.137 e. The summed E-state index contributed by atoms with van der Waals surface area (Å²) in [6.45, 7) is 1.89. The lowest BCUT2D eigenvalue weighted by Gasteiger charge is -2.06. The fraction of sp³-hybridized carbons (Fsp3) is 0.231. The number of nitrogens with zero attached hydrogens (tertiary/aromatic N) is 2. The third kappa shape index (κ3) is 3.12. The molecule has 2 rings (SSSR count). The predicted octanol–water partition coefficient (Wildman–Crippen LogP) is 3.69. The van der Waals surface area contributed by atoms with Gasteiger partial charge in [-0.05, 0) is 30.7 Å². The maximum atomic E-state index is 6.07. The van der Waals surface area contributed by atoms with Gasteiger partial charge >= 0.3 is 0 Å². The molecule has 2 aromatic rings. The molecular weight excluding hydrogens is 271 g/mol. The van der Waals surface area contributed by atoms with E-state index in [4.69, 9.17) is 27.9 Å². The number of aryl methyl sites for hydroxylation is 1. The summed E-state index contributed by atoms with van der Waals surface area (Å²) < 4.78 is 5.10. The average Bonchev–Trinajstić information content (AvgIpc) is 2.27. The number of halogens is 2. The Morgan fingerprint density at radius 3 is 2.56 bits per heavy atom. The predicted molar refractivity (Wildman–Crippen MR) is 72.6 cm³/mol. The van der Waals surface area contributed by atoms with Gasteiger partial charge in [-0.25, -0.2) is 9.97 Å². The highest BCUT2D eigenvalue weighted by molar-refractivity contribution is 6.32. The Labute approximate surface area is 116 Å². The standard InChI is InChI=1S/C13H12Cl2N2O/c1-8-5-12(15)17-13(16-8)7-9-3-4-11(18-2)10(14)6-9/h3-6H,7H2,1-2H3. The Morgan fingerprint density at radius 2 is 1.94 bits per heavy atom. The van der Waals surface area contributed by atoms with Crippen molar-refractivity contribution < 1.29 is 4.74 Å². The van der Waals surface area contributed by atoms with Crippen LogP contribution in [-0.4, -0.2) is 17.1 Å². The Morgan fingerprint density at radius 1 is 1.17 bits per heavy atom. The second kappa shape index (κ2) is 5.55. The minimum Gasteiger partial charge on any atom is -0.495 e. The molecular formula is C13H12Cl2N2O. The molecule has 0 spiro atoms. The summed E-state index contributed by atoms with van der Waals surface area (Å²) in [7, 11) is 1.59. The smallest absolute Gasteiger partial charge is 0.137 e. The van der Waals surface area contributed by atoms with Gasteiger partial charge in [-0.2, -0.15) is 0 Å². The maximum absolute atomic E-state index is 6.07. The van der Waals surface area contributed by atoms with Crippen molar-refractivity contribution in [1.29, 1.82) is 0 Å². The van der Waals surface area contributed by atoms with Crippen molar-refractivity contribution in [2.24, 2.45) is 0 Å². The lowest BCUT2D eigenvalue weighted by atomic mass is 10.1. The van der Waals surface area contributed by atoms with E-state index in [1.165, 1.54) is 0 Å². The molecule has 1 aromatic heterocycles. The van der Waals surface area contributed by atoms with E-state index in [9.17, 15) is 0 Å². The van der Waals surface area contributed by atoms with Crippen molar-refractivity contribution in [2.45, 2.75) is 13.3 Å². The second-order valence-corrected chi connectivity index (χ2v) is 4.69. The Bertz CT molecular complexity index is 553. The molecule has 0 N–H and O–H groups in total. The third-order valence-corrected chi connectivity index (χ3v) is 2.94. The first-order valence-electron chi connectivity index (χ1n) is 5.41. The van der Waals surface area contributed by atoms with E-state index in [0.717, 1.165) is 11.3 Å². The lowest BCUT2D eigenvalue weighted by molar-refractivity contribution is 0.415. The summed E-state index contributed by atoms with van der Waals surface area (Å²) in [5.74, 6) is 1.34. The topological polar surface area (TPSA) is 35.0 Å².